The molecule has 8 heteroatoms. The molecule has 1 rings (SSSR count). The Morgan fingerprint density at radius 1 is 1.22 bits per heavy atom. The fourth-order valence-corrected chi connectivity index (χ4v) is 2.82. The monoisotopic (exact) mass is 443 g/mol. The summed E-state index contributed by atoms with van der Waals surface area (Å²) in [7, 11) is 2.92. The van der Waals surface area contributed by atoms with Gasteiger partial charge in [0.1, 0.15) is 11.5 Å². The summed E-state index contributed by atoms with van der Waals surface area (Å²) >= 11 is 3.33. The van der Waals surface area contributed by atoms with Crippen molar-refractivity contribution >= 4 is 33.9 Å². The van der Waals surface area contributed by atoms with Gasteiger partial charge in [0.05, 0.1) is 43.5 Å². The number of carbonyl (C=O) groups is 2. The quantitative estimate of drug-likeness (QED) is 0.258. The third kappa shape index (κ3) is 6.04. The van der Waals surface area contributed by atoms with Crippen LogP contribution in [0.15, 0.2) is 21.6 Å². The van der Waals surface area contributed by atoms with Crippen molar-refractivity contribution in [3.8, 4) is 11.5 Å². The largest absolute Gasteiger partial charge is 0.496 e. The molecule has 1 aromatic rings. The van der Waals surface area contributed by atoms with Crippen LogP contribution in [0.1, 0.15) is 31.1 Å². The average Bonchev–Trinajstić information content (AvgIpc) is 2.64. The first-order valence-corrected chi connectivity index (χ1v) is 9.36. The van der Waals surface area contributed by atoms with Gasteiger partial charge < -0.3 is 19.3 Å². The number of rotatable bonds is 10. The Morgan fingerprint density at radius 2 is 1.85 bits per heavy atom. The van der Waals surface area contributed by atoms with E-state index in [1.165, 1.54) is 26.5 Å². The molecule has 0 aliphatic rings. The van der Waals surface area contributed by atoms with Gasteiger partial charge in [-0.1, -0.05) is 13.8 Å². The zero-order valence-electron chi connectivity index (χ0n) is 16.2. The van der Waals surface area contributed by atoms with Gasteiger partial charge in [-0.05, 0) is 34.8 Å². The molecule has 27 heavy (non-hydrogen) atoms. The van der Waals surface area contributed by atoms with Gasteiger partial charge >= 0.3 is 5.97 Å². The molecule has 0 saturated carbocycles. The number of esters is 1. The minimum absolute atomic E-state index is 0.0499. The number of aliphatic hydroxyl groups is 1. The van der Waals surface area contributed by atoms with Gasteiger partial charge in [0.15, 0.2) is 11.7 Å². The molecule has 150 valence electrons. The molecular formula is C19H26BrNO6. The summed E-state index contributed by atoms with van der Waals surface area (Å²) in [5, 5.41) is 9.43. The minimum Gasteiger partial charge on any atom is -0.496 e. The SMILES string of the molecule is CCOC(=O)C(C=NC(CO)C(C)C)C(=O)c1cc(Br)c(OC)cc1OC. The summed E-state index contributed by atoms with van der Waals surface area (Å²) in [6.07, 6.45) is 1.25. The van der Waals surface area contributed by atoms with Crippen LogP contribution in [0.2, 0.25) is 0 Å². The van der Waals surface area contributed by atoms with Crippen LogP contribution in [0.5, 0.6) is 11.5 Å². The number of ether oxygens (including phenoxy) is 3. The van der Waals surface area contributed by atoms with Gasteiger partial charge in [0, 0.05) is 12.3 Å². The van der Waals surface area contributed by atoms with Gasteiger partial charge in [-0.25, -0.2) is 0 Å². The number of hydrogen-bond donors (Lipinski definition) is 1. The molecule has 0 radical (unpaired) electrons. The van der Waals surface area contributed by atoms with E-state index in [9.17, 15) is 14.7 Å². The van der Waals surface area contributed by atoms with E-state index in [0.29, 0.717) is 10.2 Å². The molecule has 0 heterocycles. The number of aliphatic imine (C=N–C) groups is 1. The van der Waals surface area contributed by atoms with Crippen LogP contribution in [0.25, 0.3) is 0 Å². The van der Waals surface area contributed by atoms with Crippen molar-refractivity contribution in [2.24, 2.45) is 16.8 Å². The molecule has 2 atom stereocenters. The van der Waals surface area contributed by atoms with Gasteiger partial charge in [-0.15, -0.1) is 0 Å². The van der Waals surface area contributed by atoms with Gasteiger partial charge in [-0.2, -0.15) is 0 Å². The number of hydrogen-bond acceptors (Lipinski definition) is 7. The number of ketones is 1. The highest BCUT2D eigenvalue weighted by Gasteiger charge is 2.30. The molecule has 0 aromatic heterocycles. The number of methoxy groups -OCH3 is 2. The highest BCUT2D eigenvalue weighted by molar-refractivity contribution is 9.10. The van der Waals surface area contributed by atoms with E-state index >= 15 is 0 Å². The van der Waals surface area contributed by atoms with Crippen molar-refractivity contribution in [1.82, 2.24) is 0 Å². The maximum atomic E-state index is 13.1. The number of Topliss-reactive ketones (excluding diaryl/α,β-unsaturated/α-hetero) is 1. The van der Waals surface area contributed by atoms with E-state index in [0.717, 1.165) is 0 Å². The van der Waals surface area contributed by atoms with E-state index in [4.69, 9.17) is 14.2 Å². The number of carbonyl (C=O) groups excluding carboxylic acids is 2. The minimum atomic E-state index is -1.24. The molecular weight excluding hydrogens is 418 g/mol. The third-order valence-corrected chi connectivity index (χ3v) is 4.57. The lowest BCUT2D eigenvalue weighted by Gasteiger charge is -2.17. The lowest BCUT2D eigenvalue weighted by Crippen LogP contribution is -2.29. The fourth-order valence-electron chi connectivity index (χ4n) is 2.31. The normalized spacial score (nSPS) is 13.5. The van der Waals surface area contributed by atoms with Crippen LogP contribution < -0.4 is 9.47 Å². The smallest absolute Gasteiger partial charge is 0.322 e. The topological polar surface area (TPSA) is 94.4 Å². The molecule has 0 fully saturated rings. The molecule has 7 nitrogen and oxygen atoms in total. The highest BCUT2D eigenvalue weighted by Crippen LogP contribution is 2.34. The van der Waals surface area contributed by atoms with Gasteiger partial charge in [0.25, 0.3) is 0 Å². The van der Waals surface area contributed by atoms with Crippen molar-refractivity contribution in [3.05, 3.63) is 22.2 Å². The fraction of sp³-hybridized carbons (Fsp3) is 0.526. The van der Waals surface area contributed by atoms with E-state index in [-0.39, 0.29) is 30.4 Å². The van der Waals surface area contributed by atoms with E-state index in [1.807, 2.05) is 13.8 Å². The molecule has 0 amide bonds. The van der Waals surface area contributed by atoms with Crippen LogP contribution in [0, 0.1) is 11.8 Å². The van der Waals surface area contributed by atoms with Gasteiger partial charge in [-0.3, -0.25) is 14.6 Å². The van der Waals surface area contributed by atoms with Crippen molar-refractivity contribution in [1.29, 1.82) is 0 Å². The lowest BCUT2D eigenvalue weighted by molar-refractivity contribution is -0.143. The molecule has 2 unspecified atom stereocenters. The Morgan fingerprint density at radius 3 is 2.33 bits per heavy atom. The number of aliphatic hydroxyl groups excluding tert-OH is 1. The van der Waals surface area contributed by atoms with Crippen molar-refractivity contribution in [2.75, 3.05) is 27.4 Å². The summed E-state index contributed by atoms with van der Waals surface area (Å²) in [6.45, 7) is 5.39. The molecule has 0 aliphatic carbocycles. The lowest BCUT2D eigenvalue weighted by atomic mass is 9.97. The second-order valence-corrected chi connectivity index (χ2v) is 6.93. The van der Waals surface area contributed by atoms with Gasteiger partial charge in [0.2, 0.25) is 0 Å². The second-order valence-electron chi connectivity index (χ2n) is 6.07. The standard InChI is InChI=1S/C19H26BrNO6/c1-6-27-19(24)13(9-21-15(10-22)11(2)3)18(23)12-7-14(20)17(26-5)8-16(12)25-4/h7-9,11,13,15,22H,6,10H2,1-5H3. The second kappa shape index (κ2) is 11.0. The predicted molar refractivity (Wildman–Crippen MR) is 106 cm³/mol. The Labute approximate surface area is 167 Å². The highest BCUT2D eigenvalue weighted by atomic mass is 79.9. The van der Waals surface area contributed by atoms with Crippen molar-refractivity contribution in [2.45, 2.75) is 26.8 Å². The Bertz CT molecular complexity index is 689. The Kier molecular flexibility index (Phi) is 9.45. The number of benzene rings is 1. The maximum Gasteiger partial charge on any atom is 0.322 e. The number of nitrogens with zero attached hydrogens (tertiary/aromatic N) is 1. The van der Waals surface area contributed by atoms with Crippen molar-refractivity contribution < 1.29 is 28.9 Å². The van der Waals surface area contributed by atoms with Crippen molar-refractivity contribution in [3.63, 3.8) is 0 Å². The Balaban J connectivity index is 3.34. The molecule has 1 N–H and O–H groups in total. The van der Waals surface area contributed by atoms with E-state index in [1.54, 1.807) is 13.0 Å². The molecule has 0 saturated heterocycles. The summed E-state index contributed by atoms with van der Waals surface area (Å²) < 4.78 is 16.1. The van der Waals surface area contributed by atoms with Crippen LogP contribution in [0.4, 0.5) is 0 Å². The summed E-state index contributed by atoms with van der Waals surface area (Å²) in [5.41, 5.74) is 0.194. The zero-order valence-corrected chi connectivity index (χ0v) is 17.8. The first-order valence-electron chi connectivity index (χ1n) is 8.57. The molecule has 0 bridgehead atoms. The van der Waals surface area contributed by atoms with E-state index in [2.05, 4.69) is 20.9 Å². The van der Waals surface area contributed by atoms with Crippen LogP contribution >= 0.6 is 15.9 Å². The summed E-state index contributed by atoms with van der Waals surface area (Å²) in [6, 6.07) is 2.67. The van der Waals surface area contributed by atoms with Crippen LogP contribution in [0.3, 0.4) is 0 Å². The average molecular weight is 444 g/mol. The zero-order chi connectivity index (χ0) is 20.6. The molecule has 0 aliphatic heterocycles. The third-order valence-electron chi connectivity index (χ3n) is 3.95. The summed E-state index contributed by atoms with van der Waals surface area (Å²) in [5.74, 6) is -1.66. The van der Waals surface area contributed by atoms with Crippen LogP contribution in [-0.2, 0) is 9.53 Å². The van der Waals surface area contributed by atoms with Crippen LogP contribution in [-0.4, -0.2) is 56.5 Å². The first-order chi connectivity index (χ1) is 12.8. The molecule has 1 aromatic carbocycles. The predicted octanol–water partition coefficient (Wildman–Crippen LogP) is 2.92. The number of halogens is 1. The van der Waals surface area contributed by atoms with E-state index < -0.39 is 23.7 Å². The maximum absolute atomic E-state index is 13.1. The molecule has 0 spiro atoms. The Hall–Kier alpha value is -1.93. The summed E-state index contributed by atoms with van der Waals surface area (Å²) in [4.78, 5) is 29.7. The first kappa shape index (κ1) is 23.1.